The molecule has 0 aromatic heterocycles. The highest BCUT2D eigenvalue weighted by atomic mass is 16.4. The van der Waals surface area contributed by atoms with Crippen LogP contribution in [0, 0.1) is 5.92 Å². The monoisotopic (exact) mass is 276 g/mol. The van der Waals surface area contributed by atoms with Gasteiger partial charge in [-0.05, 0) is 56.1 Å². The minimum Gasteiger partial charge on any atom is -0.478 e. The lowest BCUT2D eigenvalue weighted by Crippen LogP contribution is -2.26. The summed E-state index contributed by atoms with van der Waals surface area (Å²) in [5.41, 5.74) is 0.955. The zero-order chi connectivity index (χ0) is 14.5. The molecule has 20 heavy (non-hydrogen) atoms. The molecule has 1 aliphatic rings. The number of hydrogen-bond acceptors (Lipinski definition) is 3. The fourth-order valence-corrected chi connectivity index (χ4v) is 2.43. The van der Waals surface area contributed by atoms with Crippen LogP contribution in [0.5, 0.6) is 0 Å². The molecule has 1 fully saturated rings. The number of carbonyl (C=O) groups is 2. The summed E-state index contributed by atoms with van der Waals surface area (Å²) < 4.78 is 0. The first-order valence-electron chi connectivity index (χ1n) is 6.88. The van der Waals surface area contributed by atoms with Crippen LogP contribution >= 0.6 is 0 Å². The average Bonchev–Trinajstić information content (AvgIpc) is 2.97. The Balaban J connectivity index is 1.90. The molecule has 1 atom stereocenters. The van der Waals surface area contributed by atoms with E-state index < -0.39 is 5.97 Å². The van der Waals surface area contributed by atoms with Crippen LogP contribution in [0.2, 0.25) is 0 Å². The molecule has 1 heterocycles. The number of amides is 1. The molecule has 0 bridgehead atoms. The first-order chi connectivity index (χ1) is 9.58. The van der Waals surface area contributed by atoms with Crippen molar-refractivity contribution in [1.82, 2.24) is 5.32 Å². The standard InChI is InChI=1S/C15H20N2O3/c1-17(13-5-3-12(4-6-13)15(19)20)14(18)7-2-11-8-9-16-10-11/h3-6,11,16H,2,7-10H2,1H3,(H,19,20). The zero-order valence-electron chi connectivity index (χ0n) is 11.6. The van der Waals surface area contributed by atoms with E-state index in [1.54, 1.807) is 24.1 Å². The maximum Gasteiger partial charge on any atom is 0.335 e. The van der Waals surface area contributed by atoms with Crippen molar-refractivity contribution in [3.8, 4) is 0 Å². The fourth-order valence-electron chi connectivity index (χ4n) is 2.43. The van der Waals surface area contributed by atoms with E-state index in [1.807, 2.05) is 0 Å². The number of anilines is 1. The van der Waals surface area contributed by atoms with E-state index in [9.17, 15) is 9.59 Å². The molecule has 0 spiro atoms. The number of carboxylic acids is 1. The Morgan fingerprint density at radius 3 is 2.60 bits per heavy atom. The maximum atomic E-state index is 12.1. The molecule has 1 saturated heterocycles. The van der Waals surface area contributed by atoms with Crippen molar-refractivity contribution < 1.29 is 14.7 Å². The second-order valence-electron chi connectivity index (χ2n) is 5.20. The Labute approximate surface area is 118 Å². The van der Waals surface area contributed by atoms with E-state index in [-0.39, 0.29) is 11.5 Å². The number of rotatable bonds is 5. The first-order valence-corrected chi connectivity index (χ1v) is 6.88. The Morgan fingerprint density at radius 1 is 1.35 bits per heavy atom. The lowest BCUT2D eigenvalue weighted by atomic mass is 10.0. The number of nitrogens with one attached hydrogen (secondary N) is 1. The van der Waals surface area contributed by atoms with Gasteiger partial charge in [0.1, 0.15) is 0 Å². The predicted molar refractivity (Wildman–Crippen MR) is 77.0 cm³/mol. The number of carbonyl (C=O) groups excluding carboxylic acids is 1. The van der Waals surface area contributed by atoms with Crippen LogP contribution in [0.15, 0.2) is 24.3 Å². The number of carboxylic acid groups (broad SMARTS) is 1. The van der Waals surface area contributed by atoms with Crippen molar-refractivity contribution in [3.63, 3.8) is 0 Å². The SMILES string of the molecule is CN(C(=O)CCC1CCNC1)c1ccc(C(=O)O)cc1. The quantitative estimate of drug-likeness (QED) is 0.859. The molecular weight excluding hydrogens is 256 g/mol. The largest absolute Gasteiger partial charge is 0.478 e. The Bertz CT molecular complexity index is 478. The van der Waals surface area contributed by atoms with Gasteiger partial charge in [0, 0.05) is 19.2 Å². The smallest absolute Gasteiger partial charge is 0.335 e. The molecule has 108 valence electrons. The van der Waals surface area contributed by atoms with E-state index in [1.165, 1.54) is 12.1 Å². The molecule has 5 nitrogen and oxygen atoms in total. The summed E-state index contributed by atoms with van der Waals surface area (Å²) in [7, 11) is 1.73. The highest BCUT2D eigenvalue weighted by molar-refractivity contribution is 5.94. The second kappa shape index (κ2) is 6.52. The molecule has 1 unspecified atom stereocenters. The van der Waals surface area contributed by atoms with Gasteiger partial charge in [-0.15, -0.1) is 0 Å². The van der Waals surface area contributed by atoms with Gasteiger partial charge < -0.3 is 15.3 Å². The van der Waals surface area contributed by atoms with E-state index in [0.29, 0.717) is 12.3 Å². The molecule has 1 amide bonds. The van der Waals surface area contributed by atoms with Crippen molar-refractivity contribution in [2.75, 3.05) is 25.0 Å². The second-order valence-corrected chi connectivity index (χ2v) is 5.20. The van der Waals surface area contributed by atoms with E-state index in [4.69, 9.17) is 5.11 Å². The summed E-state index contributed by atoms with van der Waals surface area (Å²) in [6.45, 7) is 2.05. The average molecular weight is 276 g/mol. The summed E-state index contributed by atoms with van der Waals surface area (Å²) in [5, 5.41) is 12.1. The topological polar surface area (TPSA) is 69.6 Å². The van der Waals surface area contributed by atoms with Gasteiger partial charge in [0.25, 0.3) is 0 Å². The zero-order valence-corrected chi connectivity index (χ0v) is 11.6. The van der Waals surface area contributed by atoms with Gasteiger partial charge in [0.05, 0.1) is 5.56 Å². The number of benzene rings is 1. The molecule has 1 aromatic carbocycles. The highest BCUT2D eigenvalue weighted by Gasteiger charge is 2.18. The Morgan fingerprint density at radius 2 is 2.05 bits per heavy atom. The number of hydrogen-bond donors (Lipinski definition) is 2. The van der Waals surface area contributed by atoms with Crippen LogP contribution in [0.25, 0.3) is 0 Å². The van der Waals surface area contributed by atoms with Crippen LogP contribution in [-0.2, 0) is 4.79 Å². The molecular formula is C15H20N2O3. The van der Waals surface area contributed by atoms with Gasteiger partial charge in [-0.25, -0.2) is 4.79 Å². The molecule has 2 rings (SSSR count). The van der Waals surface area contributed by atoms with Crippen molar-refractivity contribution >= 4 is 17.6 Å². The minimum atomic E-state index is -0.959. The third-order valence-corrected chi connectivity index (χ3v) is 3.80. The van der Waals surface area contributed by atoms with Gasteiger partial charge >= 0.3 is 5.97 Å². The summed E-state index contributed by atoms with van der Waals surface area (Å²) in [5.74, 6) is -0.291. The van der Waals surface area contributed by atoms with Crippen molar-refractivity contribution in [2.45, 2.75) is 19.3 Å². The van der Waals surface area contributed by atoms with Crippen molar-refractivity contribution in [1.29, 1.82) is 0 Å². The van der Waals surface area contributed by atoms with Crippen LogP contribution < -0.4 is 10.2 Å². The van der Waals surface area contributed by atoms with Crippen LogP contribution in [0.4, 0.5) is 5.69 Å². The summed E-state index contributed by atoms with van der Waals surface area (Å²) in [6, 6.07) is 6.36. The summed E-state index contributed by atoms with van der Waals surface area (Å²) in [4.78, 5) is 24.5. The van der Waals surface area contributed by atoms with Gasteiger partial charge in [0.15, 0.2) is 0 Å². The molecule has 0 radical (unpaired) electrons. The Kier molecular flexibility index (Phi) is 4.74. The van der Waals surface area contributed by atoms with Gasteiger partial charge in [-0.3, -0.25) is 4.79 Å². The number of nitrogens with zero attached hydrogens (tertiary/aromatic N) is 1. The normalized spacial score (nSPS) is 17.9. The molecule has 5 heteroatoms. The van der Waals surface area contributed by atoms with Gasteiger partial charge in [0.2, 0.25) is 5.91 Å². The third-order valence-electron chi connectivity index (χ3n) is 3.80. The van der Waals surface area contributed by atoms with Crippen LogP contribution in [-0.4, -0.2) is 37.1 Å². The highest BCUT2D eigenvalue weighted by Crippen LogP contribution is 2.18. The lowest BCUT2D eigenvalue weighted by Gasteiger charge is -2.18. The number of aromatic carboxylic acids is 1. The third kappa shape index (κ3) is 3.57. The van der Waals surface area contributed by atoms with Crippen LogP contribution in [0.3, 0.4) is 0 Å². The van der Waals surface area contributed by atoms with Crippen LogP contribution in [0.1, 0.15) is 29.6 Å². The summed E-state index contributed by atoms with van der Waals surface area (Å²) in [6.07, 6.45) is 2.58. The molecule has 2 N–H and O–H groups in total. The lowest BCUT2D eigenvalue weighted by molar-refractivity contribution is -0.118. The van der Waals surface area contributed by atoms with Gasteiger partial charge in [-0.1, -0.05) is 0 Å². The van der Waals surface area contributed by atoms with Crippen molar-refractivity contribution in [2.24, 2.45) is 5.92 Å². The molecule has 1 aromatic rings. The molecule has 0 saturated carbocycles. The minimum absolute atomic E-state index is 0.0694. The molecule has 1 aliphatic heterocycles. The molecule has 0 aliphatic carbocycles. The Hall–Kier alpha value is -1.88. The maximum absolute atomic E-state index is 12.1. The van der Waals surface area contributed by atoms with E-state index >= 15 is 0 Å². The van der Waals surface area contributed by atoms with Crippen molar-refractivity contribution in [3.05, 3.63) is 29.8 Å². The predicted octanol–water partition coefficient (Wildman–Crippen LogP) is 1.74. The van der Waals surface area contributed by atoms with E-state index in [2.05, 4.69) is 5.32 Å². The first kappa shape index (κ1) is 14.5. The summed E-state index contributed by atoms with van der Waals surface area (Å²) >= 11 is 0. The van der Waals surface area contributed by atoms with E-state index in [0.717, 1.165) is 31.6 Å². The van der Waals surface area contributed by atoms with Gasteiger partial charge in [-0.2, -0.15) is 0 Å². The fraction of sp³-hybridized carbons (Fsp3) is 0.467.